The Morgan fingerprint density at radius 2 is 1.95 bits per heavy atom. The summed E-state index contributed by atoms with van der Waals surface area (Å²) in [6.07, 6.45) is 0. The molecule has 0 spiro atoms. The lowest BCUT2D eigenvalue weighted by Gasteiger charge is -2.19. The zero-order valence-corrected chi connectivity index (χ0v) is 14.7. The van der Waals surface area contributed by atoms with E-state index >= 15 is 0 Å². The van der Waals surface area contributed by atoms with Crippen LogP contribution in [0.3, 0.4) is 0 Å². The van der Waals surface area contributed by atoms with Gasteiger partial charge in [-0.3, -0.25) is 0 Å². The van der Waals surface area contributed by atoms with Gasteiger partial charge in [-0.1, -0.05) is 61.0 Å². The van der Waals surface area contributed by atoms with Gasteiger partial charge < -0.3 is 5.32 Å². The molecule has 3 rings (SSSR count). The Kier molecular flexibility index (Phi) is 4.65. The molecule has 0 fully saturated rings. The summed E-state index contributed by atoms with van der Waals surface area (Å²) in [5, 5.41) is 6.90. The van der Waals surface area contributed by atoms with Gasteiger partial charge in [0.05, 0.1) is 14.9 Å². The summed E-state index contributed by atoms with van der Waals surface area (Å²) in [6.45, 7) is 3.03. The molecule has 0 aliphatic rings. The second-order valence-electron chi connectivity index (χ2n) is 4.83. The van der Waals surface area contributed by atoms with Crippen molar-refractivity contribution in [3.8, 4) is 0 Å². The first-order chi connectivity index (χ1) is 10.2. The van der Waals surface area contributed by atoms with E-state index in [0.29, 0.717) is 0 Å². The maximum Gasteiger partial charge on any atom is 0.0888 e. The largest absolute Gasteiger partial charge is 0.306 e. The zero-order chi connectivity index (χ0) is 14.8. The van der Waals surface area contributed by atoms with Gasteiger partial charge in [-0.2, -0.15) is 0 Å². The van der Waals surface area contributed by atoms with E-state index in [1.165, 1.54) is 21.2 Å². The van der Waals surface area contributed by atoms with Crippen molar-refractivity contribution in [2.75, 3.05) is 6.54 Å². The van der Waals surface area contributed by atoms with Crippen LogP contribution in [-0.4, -0.2) is 6.54 Å². The molecule has 0 amide bonds. The Morgan fingerprint density at radius 1 is 1.19 bits per heavy atom. The van der Waals surface area contributed by atoms with Crippen LogP contribution in [-0.2, 0) is 0 Å². The van der Waals surface area contributed by atoms with Gasteiger partial charge in [0.2, 0.25) is 0 Å². The summed E-state index contributed by atoms with van der Waals surface area (Å²) in [6, 6.07) is 17.2. The second-order valence-corrected chi connectivity index (χ2v) is 7.64. The van der Waals surface area contributed by atoms with Crippen molar-refractivity contribution in [3.05, 3.63) is 67.8 Å². The lowest BCUT2D eigenvalue weighted by molar-refractivity contribution is 0.643. The third-order valence-corrected chi connectivity index (χ3v) is 6.03. The molecule has 2 aromatic carbocycles. The van der Waals surface area contributed by atoms with Crippen LogP contribution < -0.4 is 5.32 Å². The number of nitrogens with one attached hydrogen (secondary N) is 1. The van der Waals surface area contributed by atoms with Crippen molar-refractivity contribution in [1.82, 2.24) is 5.32 Å². The monoisotopic (exact) mass is 379 g/mol. The molecule has 4 heteroatoms. The fourth-order valence-corrected chi connectivity index (χ4v) is 4.42. The lowest BCUT2D eigenvalue weighted by atomic mass is 9.97. The fraction of sp³-hybridized carbons (Fsp3) is 0.176. The van der Waals surface area contributed by atoms with Gasteiger partial charge in [0, 0.05) is 4.88 Å². The number of fused-ring (bicyclic) bond motifs is 1. The predicted molar refractivity (Wildman–Crippen MR) is 96.5 cm³/mol. The predicted octanol–water partition coefficient (Wildman–Crippen LogP) is 6.02. The number of thiophene rings is 1. The van der Waals surface area contributed by atoms with Crippen molar-refractivity contribution in [2.24, 2.45) is 0 Å². The van der Waals surface area contributed by atoms with E-state index in [4.69, 9.17) is 11.6 Å². The van der Waals surface area contributed by atoms with Crippen LogP contribution >= 0.6 is 38.9 Å². The smallest absolute Gasteiger partial charge is 0.0888 e. The molecule has 0 saturated carbocycles. The fourth-order valence-electron chi connectivity index (χ4n) is 2.58. The number of halogens is 2. The first kappa shape index (κ1) is 15.0. The number of benzene rings is 2. The molecule has 21 heavy (non-hydrogen) atoms. The Hall–Kier alpha value is -0.870. The molecule has 1 heterocycles. The summed E-state index contributed by atoms with van der Waals surface area (Å²) in [4.78, 5) is 1.23. The van der Waals surface area contributed by atoms with Crippen molar-refractivity contribution in [1.29, 1.82) is 0 Å². The van der Waals surface area contributed by atoms with Crippen molar-refractivity contribution >= 4 is 49.6 Å². The highest BCUT2D eigenvalue weighted by Gasteiger charge is 2.19. The minimum atomic E-state index is 0.162. The Labute approximate surface area is 142 Å². The van der Waals surface area contributed by atoms with Gasteiger partial charge in [0.15, 0.2) is 0 Å². The highest BCUT2D eigenvalue weighted by Crippen LogP contribution is 2.38. The van der Waals surface area contributed by atoms with Crippen molar-refractivity contribution < 1.29 is 0 Å². The molecule has 3 aromatic rings. The van der Waals surface area contributed by atoms with E-state index in [2.05, 4.69) is 70.6 Å². The normalized spacial score (nSPS) is 12.7. The molecule has 0 radical (unpaired) electrons. The summed E-state index contributed by atoms with van der Waals surface area (Å²) in [5.41, 5.74) is 1.29. The summed E-state index contributed by atoms with van der Waals surface area (Å²) in [7, 11) is 0. The third kappa shape index (κ3) is 3.02. The average Bonchev–Trinajstić information content (AvgIpc) is 2.84. The molecular formula is C17H15BrClNS. The van der Waals surface area contributed by atoms with Gasteiger partial charge in [-0.25, -0.2) is 0 Å². The highest BCUT2D eigenvalue weighted by atomic mass is 79.9. The first-order valence-corrected chi connectivity index (χ1v) is 8.85. The van der Waals surface area contributed by atoms with E-state index in [1.54, 1.807) is 11.3 Å². The van der Waals surface area contributed by atoms with E-state index in [-0.39, 0.29) is 6.04 Å². The standard InChI is InChI=1S/C17H15BrClNS/c1-2-20-16(15-10-14(19)17(18)21-15)13-9-5-7-11-6-3-4-8-12(11)13/h3-10,16,20H,2H2,1H3. The van der Waals surface area contributed by atoms with Crippen LogP contribution in [0.15, 0.2) is 52.3 Å². The number of hydrogen-bond donors (Lipinski definition) is 1. The van der Waals surface area contributed by atoms with Crippen LogP contribution in [0.1, 0.15) is 23.4 Å². The zero-order valence-electron chi connectivity index (χ0n) is 11.6. The molecule has 1 nitrogen and oxygen atoms in total. The van der Waals surface area contributed by atoms with Gasteiger partial charge >= 0.3 is 0 Å². The minimum Gasteiger partial charge on any atom is -0.306 e. The van der Waals surface area contributed by atoms with Crippen molar-refractivity contribution in [3.63, 3.8) is 0 Å². The van der Waals surface area contributed by atoms with Crippen LogP contribution in [0.25, 0.3) is 10.8 Å². The summed E-state index contributed by atoms with van der Waals surface area (Å²) < 4.78 is 0.988. The third-order valence-electron chi connectivity index (χ3n) is 3.49. The maximum atomic E-state index is 6.22. The van der Waals surface area contributed by atoms with E-state index in [9.17, 15) is 0 Å². The summed E-state index contributed by atoms with van der Waals surface area (Å²) in [5.74, 6) is 0. The lowest BCUT2D eigenvalue weighted by Crippen LogP contribution is -2.21. The molecule has 0 aliphatic heterocycles. The number of rotatable bonds is 4. The molecule has 1 N–H and O–H groups in total. The second kappa shape index (κ2) is 6.49. The first-order valence-electron chi connectivity index (χ1n) is 6.86. The minimum absolute atomic E-state index is 0.162. The van der Waals surface area contributed by atoms with Gasteiger partial charge in [0.25, 0.3) is 0 Å². The Morgan fingerprint density at radius 3 is 2.67 bits per heavy atom. The highest BCUT2D eigenvalue weighted by molar-refractivity contribution is 9.11. The topological polar surface area (TPSA) is 12.0 Å². The Balaban J connectivity index is 2.15. The molecule has 1 aromatic heterocycles. The van der Waals surface area contributed by atoms with Crippen LogP contribution in [0.5, 0.6) is 0 Å². The molecule has 108 valence electrons. The molecule has 0 saturated heterocycles. The molecule has 1 atom stereocenters. The SMILES string of the molecule is CCNC(c1cc(Cl)c(Br)s1)c1cccc2ccccc12. The molecule has 0 aliphatic carbocycles. The van der Waals surface area contributed by atoms with Gasteiger partial charge in [0.1, 0.15) is 0 Å². The van der Waals surface area contributed by atoms with Crippen LogP contribution in [0.4, 0.5) is 0 Å². The van der Waals surface area contributed by atoms with E-state index < -0.39 is 0 Å². The van der Waals surface area contributed by atoms with E-state index in [1.807, 2.05) is 6.07 Å². The average molecular weight is 381 g/mol. The van der Waals surface area contributed by atoms with Gasteiger partial charge in [-0.05, 0) is 44.9 Å². The quantitative estimate of drug-likeness (QED) is 0.584. The molecular weight excluding hydrogens is 366 g/mol. The van der Waals surface area contributed by atoms with Gasteiger partial charge in [-0.15, -0.1) is 11.3 Å². The van der Waals surface area contributed by atoms with Crippen molar-refractivity contribution in [2.45, 2.75) is 13.0 Å². The van der Waals surface area contributed by atoms with Crippen LogP contribution in [0.2, 0.25) is 5.02 Å². The molecule has 0 bridgehead atoms. The summed E-state index contributed by atoms with van der Waals surface area (Å²) >= 11 is 11.4. The number of hydrogen-bond acceptors (Lipinski definition) is 2. The van der Waals surface area contributed by atoms with Crippen LogP contribution in [0, 0.1) is 0 Å². The maximum absolute atomic E-state index is 6.22. The Bertz CT molecular complexity index is 744. The van der Waals surface area contributed by atoms with E-state index in [0.717, 1.165) is 15.4 Å². The molecule has 1 unspecified atom stereocenters.